The Kier molecular flexibility index (Phi) is 7.92. The molecule has 3 aromatic rings. The zero-order valence-corrected chi connectivity index (χ0v) is 19.2. The molecule has 0 aliphatic rings. The smallest absolute Gasteiger partial charge is 0.271 e. The Bertz CT molecular complexity index is 1100. The number of benzene rings is 3. The van der Waals surface area contributed by atoms with Gasteiger partial charge in [0.2, 0.25) is 0 Å². The summed E-state index contributed by atoms with van der Waals surface area (Å²) in [6, 6.07) is 17.9. The molecule has 160 valence electrons. The number of rotatable bonds is 8. The molecule has 0 saturated carbocycles. The molecule has 0 aliphatic carbocycles. The van der Waals surface area contributed by atoms with Gasteiger partial charge in [-0.15, -0.1) is 0 Å². The number of ether oxygens (including phenoxy) is 3. The predicted octanol–water partition coefficient (Wildman–Crippen LogP) is 5.46. The molecule has 0 aliphatic heterocycles. The lowest BCUT2D eigenvalue weighted by molar-refractivity contribution is 0.0954. The van der Waals surface area contributed by atoms with Crippen LogP contribution >= 0.6 is 27.5 Å². The highest BCUT2D eigenvalue weighted by Crippen LogP contribution is 2.28. The first-order chi connectivity index (χ1) is 15.0. The van der Waals surface area contributed by atoms with Crippen molar-refractivity contribution in [1.82, 2.24) is 5.43 Å². The molecule has 31 heavy (non-hydrogen) atoms. The first kappa shape index (κ1) is 22.7. The lowest BCUT2D eigenvalue weighted by atomic mass is 10.2. The van der Waals surface area contributed by atoms with Gasteiger partial charge in [0.05, 0.1) is 24.9 Å². The number of hydrogen-bond acceptors (Lipinski definition) is 5. The lowest BCUT2D eigenvalue weighted by Crippen LogP contribution is -2.17. The molecule has 0 aromatic heterocycles. The third kappa shape index (κ3) is 6.23. The molecule has 6 nitrogen and oxygen atoms in total. The Hall–Kier alpha value is -3.03. The SMILES string of the molecule is COc1ccc(C(=O)N/N=C/c2ccc(OCc3cccc(Cl)c3)c(Br)c2)cc1OC. The van der Waals surface area contributed by atoms with E-state index in [4.69, 9.17) is 25.8 Å². The van der Waals surface area contributed by atoms with Gasteiger partial charge in [-0.3, -0.25) is 4.79 Å². The second-order valence-electron chi connectivity index (χ2n) is 6.38. The van der Waals surface area contributed by atoms with Gasteiger partial charge in [0.15, 0.2) is 11.5 Å². The number of carbonyl (C=O) groups is 1. The molecule has 0 heterocycles. The minimum Gasteiger partial charge on any atom is -0.493 e. The van der Waals surface area contributed by atoms with Gasteiger partial charge in [-0.05, 0) is 75.6 Å². The number of halogens is 2. The summed E-state index contributed by atoms with van der Waals surface area (Å²) in [6.07, 6.45) is 1.55. The third-order valence-corrected chi connectivity index (χ3v) is 5.12. The number of carbonyl (C=O) groups excluding carboxylic acids is 1. The number of hydrogen-bond donors (Lipinski definition) is 1. The molecule has 0 saturated heterocycles. The maximum Gasteiger partial charge on any atom is 0.271 e. The fraction of sp³-hybridized carbons (Fsp3) is 0.130. The molecule has 1 amide bonds. The van der Waals surface area contributed by atoms with Crippen molar-refractivity contribution >= 4 is 39.7 Å². The van der Waals surface area contributed by atoms with Gasteiger partial charge in [0.1, 0.15) is 12.4 Å². The standard InChI is InChI=1S/C23H20BrClN2O4/c1-29-21-9-7-17(12-22(21)30-2)23(28)27-26-13-15-6-8-20(19(24)11-15)31-14-16-4-3-5-18(25)10-16/h3-13H,14H2,1-2H3,(H,27,28)/b26-13+. The molecular formula is C23H20BrClN2O4. The average molecular weight is 504 g/mol. The summed E-state index contributed by atoms with van der Waals surface area (Å²) in [4.78, 5) is 12.3. The molecule has 0 fully saturated rings. The van der Waals surface area contributed by atoms with Crippen molar-refractivity contribution in [2.75, 3.05) is 14.2 Å². The van der Waals surface area contributed by atoms with Crippen LogP contribution in [0.25, 0.3) is 0 Å². The number of hydrazone groups is 1. The van der Waals surface area contributed by atoms with Crippen molar-refractivity contribution in [2.45, 2.75) is 6.61 Å². The highest BCUT2D eigenvalue weighted by atomic mass is 79.9. The zero-order valence-electron chi connectivity index (χ0n) is 16.9. The average Bonchev–Trinajstić information content (AvgIpc) is 2.78. The maximum atomic E-state index is 12.3. The van der Waals surface area contributed by atoms with Crippen LogP contribution in [0.15, 0.2) is 70.2 Å². The Morgan fingerprint density at radius 2 is 1.81 bits per heavy atom. The number of nitrogens with one attached hydrogen (secondary N) is 1. The number of amides is 1. The first-order valence-corrected chi connectivity index (χ1v) is 10.4. The summed E-state index contributed by atoms with van der Waals surface area (Å²) in [7, 11) is 3.05. The van der Waals surface area contributed by atoms with Crippen molar-refractivity contribution < 1.29 is 19.0 Å². The molecule has 3 aromatic carbocycles. The van der Waals surface area contributed by atoms with E-state index in [1.807, 2.05) is 42.5 Å². The predicted molar refractivity (Wildman–Crippen MR) is 125 cm³/mol. The van der Waals surface area contributed by atoms with Crippen molar-refractivity contribution in [2.24, 2.45) is 5.10 Å². The molecule has 0 radical (unpaired) electrons. The molecular weight excluding hydrogens is 484 g/mol. The quantitative estimate of drug-likeness (QED) is 0.327. The molecule has 0 bridgehead atoms. The van der Waals surface area contributed by atoms with Gasteiger partial charge in [0.25, 0.3) is 5.91 Å². The van der Waals surface area contributed by atoms with E-state index < -0.39 is 0 Å². The van der Waals surface area contributed by atoms with Crippen LogP contribution in [0.2, 0.25) is 5.02 Å². The van der Waals surface area contributed by atoms with Crippen LogP contribution in [0.1, 0.15) is 21.5 Å². The Morgan fingerprint density at radius 1 is 1.03 bits per heavy atom. The van der Waals surface area contributed by atoms with E-state index in [2.05, 4.69) is 26.5 Å². The molecule has 0 spiro atoms. The van der Waals surface area contributed by atoms with Crippen LogP contribution < -0.4 is 19.6 Å². The van der Waals surface area contributed by atoms with Crippen molar-refractivity contribution in [3.63, 3.8) is 0 Å². The van der Waals surface area contributed by atoms with E-state index in [1.54, 1.807) is 24.4 Å². The highest BCUT2D eigenvalue weighted by Gasteiger charge is 2.10. The highest BCUT2D eigenvalue weighted by molar-refractivity contribution is 9.10. The maximum absolute atomic E-state index is 12.3. The van der Waals surface area contributed by atoms with Crippen LogP contribution in [0, 0.1) is 0 Å². The summed E-state index contributed by atoms with van der Waals surface area (Å²) in [5, 5.41) is 4.69. The van der Waals surface area contributed by atoms with E-state index >= 15 is 0 Å². The van der Waals surface area contributed by atoms with Crippen LogP contribution in [-0.2, 0) is 6.61 Å². The fourth-order valence-electron chi connectivity index (χ4n) is 2.71. The Labute approximate surface area is 193 Å². The van der Waals surface area contributed by atoms with E-state index in [0.717, 1.165) is 15.6 Å². The normalized spacial score (nSPS) is 10.7. The van der Waals surface area contributed by atoms with Crippen LogP contribution in [0.4, 0.5) is 0 Å². The monoisotopic (exact) mass is 502 g/mol. The van der Waals surface area contributed by atoms with E-state index in [1.165, 1.54) is 14.2 Å². The van der Waals surface area contributed by atoms with E-state index in [-0.39, 0.29) is 5.91 Å². The first-order valence-electron chi connectivity index (χ1n) is 9.22. The van der Waals surface area contributed by atoms with E-state index in [9.17, 15) is 4.79 Å². The summed E-state index contributed by atoms with van der Waals surface area (Å²) >= 11 is 9.49. The second-order valence-corrected chi connectivity index (χ2v) is 7.67. The molecule has 1 N–H and O–H groups in total. The van der Waals surface area contributed by atoms with Gasteiger partial charge in [-0.2, -0.15) is 5.10 Å². The van der Waals surface area contributed by atoms with Crippen LogP contribution in [0.5, 0.6) is 17.2 Å². The Balaban J connectivity index is 1.59. The van der Waals surface area contributed by atoms with Gasteiger partial charge >= 0.3 is 0 Å². The zero-order chi connectivity index (χ0) is 22.2. The molecule has 3 rings (SSSR count). The summed E-state index contributed by atoms with van der Waals surface area (Å²) < 4.78 is 17.0. The second kappa shape index (κ2) is 10.8. The van der Waals surface area contributed by atoms with Crippen molar-refractivity contribution in [3.05, 3.63) is 86.8 Å². The Morgan fingerprint density at radius 3 is 2.52 bits per heavy atom. The lowest BCUT2D eigenvalue weighted by Gasteiger charge is -2.09. The fourth-order valence-corrected chi connectivity index (χ4v) is 3.43. The largest absolute Gasteiger partial charge is 0.493 e. The van der Waals surface area contributed by atoms with Gasteiger partial charge < -0.3 is 14.2 Å². The van der Waals surface area contributed by atoms with Gasteiger partial charge in [-0.25, -0.2) is 5.43 Å². The number of nitrogens with zero attached hydrogens (tertiary/aromatic N) is 1. The molecule has 8 heteroatoms. The summed E-state index contributed by atoms with van der Waals surface area (Å²) in [5.74, 6) is 1.34. The van der Waals surface area contributed by atoms with Gasteiger partial charge in [0, 0.05) is 10.6 Å². The number of methoxy groups -OCH3 is 2. The summed E-state index contributed by atoms with van der Waals surface area (Å²) in [6.45, 7) is 0.397. The summed E-state index contributed by atoms with van der Waals surface area (Å²) in [5.41, 5.74) is 4.66. The van der Waals surface area contributed by atoms with Gasteiger partial charge in [-0.1, -0.05) is 23.7 Å². The van der Waals surface area contributed by atoms with E-state index in [0.29, 0.717) is 34.4 Å². The molecule has 0 atom stereocenters. The van der Waals surface area contributed by atoms with Crippen LogP contribution in [-0.4, -0.2) is 26.3 Å². The van der Waals surface area contributed by atoms with Crippen molar-refractivity contribution in [3.8, 4) is 17.2 Å². The molecule has 0 unspecified atom stereocenters. The van der Waals surface area contributed by atoms with Crippen molar-refractivity contribution in [1.29, 1.82) is 0 Å². The minimum atomic E-state index is -0.363. The third-order valence-electron chi connectivity index (χ3n) is 4.26. The topological polar surface area (TPSA) is 69.2 Å². The minimum absolute atomic E-state index is 0.363. The van der Waals surface area contributed by atoms with Crippen LogP contribution in [0.3, 0.4) is 0 Å².